The monoisotopic (exact) mass is 555 g/mol. The van der Waals surface area contributed by atoms with Crippen molar-refractivity contribution in [3.05, 3.63) is 59.1 Å². The molecule has 9 heteroatoms. The van der Waals surface area contributed by atoms with Crippen LogP contribution in [0.4, 0.5) is 11.4 Å². The van der Waals surface area contributed by atoms with Crippen LogP contribution in [-0.2, 0) is 14.4 Å². The molecule has 5 rings (SSSR count). The number of benzene rings is 2. The number of anilines is 2. The van der Waals surface area contributed by atoms with Gasteiger partial charge in [0.15, 0.2) is 0 Å². The van der Waals surface area contributed by atoms with Crippen molar-refractivity contribution >= 4 is 52.5 Å². The van der Waals surface area contributed by atoms with E-state index in [-0.39, 0.29) is 35.5 Å². The Balaban J connectivity index is 1.49. The summed E-state index contributed by atoms with van der Waals surface area (Å²) in [6, 6.07) is 14.0. The van der Waals surface area contributed by atoms with E-state index in [9.17, 15) is 19.5 Å². The maximum absolute atomic E-state index is 14.1. The Labute approximate surface area is 232 Å². The molecule has 38 heavy (non-hydrogen) atoms. The molecule has 3 aliphatic heterocycles. The number of unbranched alkanes of at least 4 members (excludes halogenated alkanes) is 2. The van der Waals surface area contributed by atoms with Crippen molar-refractivity contribution in [3.63, 3.8) is 0 Å². The van der Waals surface area contributed by atoms with Gasteiger partial charge in [0.2, 0.25) is 17.7 Å². The first-order valence-corrected chi connectivity index (χ1v) is 14.6. The van der Waals surface area contributed by atoms with Crippen molar-refractivity contribution in [1.29, 1.82) is 0 Å². The number of aryl methyl sites for hydroxylation is 1. The van der Waals surface area contributed by atoms with E-state index in [4.69, 9.17) is 11.6 Å². The summed E-state index contributed by atoms with van der Waals surface area (Å²) in [6.45, 7) is 4.49. The molecule has 202 valence electrons. The molecule has 1 spiro atoms. The highest BCUT2D eigenvalue weighted by Crippen LogP contribution is 2.68. The summed E-state index contributed by atoms with van der Waals surface area (Å²) < 4.78 is -0.698. The van der Waals surface area contributed by atoms with E-state index < -0.39 is 22.6 Å². The SMILES string of the molecule is Cc1cccc(Cl)c1NC(=O)C1N(CCCCCO)C(=O)[C@@H]2[C@@H](C(=O)Nc3ccccc3)[C@H]3CC(C)C12S3. The highest BCUT2D eigenvalue weighted by Gasteiger charge is 2.75. The van der Waals surface area contributed by atoms with Gasteiger partial charge in [-0.3, -0.25) is 14.4 Å². The van der Waals surface area contributed by atoms with Gasteiger partial charge in [-0.1, -0.05) is 48.9 Å². The average molecular weight is 556 g/mol. The van der Waals surface area contributed by atoms with Gasteiger partial charge < -0.3 is 20.6 Å². The minimum atomic E-state index is -0.718. The first kappa shape index (κ1) is 27.0. The Morgan fingerprint density at radius 3 is 2.55 bits per heavy atom. The van der Waals surface area contributed by atoms with Crippen LogP contribution in [0, 0.1) is 24.7 Å². The van der Waals surface area contributed by atoms with Crippen molar-refractivity contribution in [3.8, 4) is 0 Å². The van der Waals surface area contributed by atoms with Crippen LogP contribution in [0.3, 0.4) is 0 Å². The van der Waals surface area contributed by atoms with Gasteiger partial charge >= 0.3 is 0 Å². The van der Waals surface area contributed by atoms with Crippen molar-refractivity contribution in [2.75, 3.05) is 23.8 Å². The normalized spacial score (nSPS) is 29.4. The zero-order valence-electron chi connectivity index (χ0n) is 21.7. The maximum atomic E-state index is 14.1. The number of hydrogen-bond donors (Lipinski definition) is 3. The molecule has 0 aromatic heterocycles. The molecule has 3 aliphatic rings. The van der Waals surface area contributed by atoms with Gasteiger partial charge in [-0.25, -0.2) is 0 Å². The molecular formula is C29H34ClN3O4S. The second-order valence-corrected chi connectivity index (χ2v) is 12.6. The van der Waals surface area contributed by atoms with Crippen LogP contribution in [0.1, 0.15) is 38.2 Å². The second-order valence-electron chi connectivity index (χ2n) is 10.6. The van der Waals surface area contributed by atoms with Gasteiger partial charge in [-0.15, -0.1) is 11.8 Å². The van der Waals surface area contributed by atoms with Crippen LogP contribution >= 0.6 is 23.4 Å². The highest BCUT2D eigenvalue weighted by molar-refractivity contribution is 8.02. The Morgan fingerprint density at radius 2 is 1.84 bits per heavy atom. The van der Waals surface area contributed by atoms with Crippen LogP contribution in [0.2, 0.25) is 5.02 Å². The summed E-state index contributed by atoms with van der Waals surface area (Å²) in [5, 5.41) is 15.7. The third-order valence-electron chi connectivity index (χ3n) is 8.37. The summed E-state index contributed by atoms with van der Waals surface area (Å²) in [7, 11) is 0. The number of carbonyl (C=O) groups is 3. The van der Waals surface area contributed by atoms with Crippen LogP contribution in [0.25, 0.3) is 0 Å². The number of carbonyl (C=O) groups excluding carboxylic acids is 3. The summed E-state index contributed by atoms with van der Waals surface area (Å²) in [5.41, 5.74) is 2.09. The average Bonchev–Trinajstić information content (AvgIpc) is 3.48. The predicted molar refractivity (Wildman–Crippen MR) is 151 cm³/mol. The number of rotatable bonds is 9. The third kappa shape index (κ3) is 4.50. The minimum Gasteiger partial charge on any atom is -0.396 e. The van der Waals surface area contributed by atoms with Crippen LogP contribution in [-0.4, -0.2) is 56.9 Å². The fraction of sp³-hybridized carbons (Fsp3) is 0.483. The van der Waals surface area contributed by atoms with E-state index in [1.807, 2.05) is 49.4 Å². The number of aliphatic hydroxyl groups excluding tert-OH is 1. The van der Waals surface area contributed by atoms with E-state index in [0.717, 1.165) is 18.4 Å². The Bertz CT molecular complexity index is 1210. The summed E-state index contributed by atoms with van der Waals surface area (Å²) in [5.74, 6) is -1.56. The standard InChI is InChI=1S/C29H34ClN3O4S/c1-17-10-9-13-20(30)24(17)32-27(36)25-29-18(2)16-21(38-29)22(26(35)31-19-11-5-3-6-12-19)23(29)28(37)33(25)14-7-4-8-15-34/h3,5-6,9-13,18,21-23,25,34H,4,7-8,14-16H2,1-2H3,(H,31,35)(H,32,36)/t18?,21-,22+,23+,25?,29?/m1/s1. The van der Waals surface area contributed by atoms with Gasteiger partial charge in [0, 0.05) is 24.1 Å². The molecule has 3 amide bonds. The highest BCUT2D eigenvalue weighted by atomic mass is 35.5. The number of nitrogens with zero attached hydrogens (tertiary/aromatic N) is 1. The molecule has 0 saturated carbocycles. The van der Waals surface area contributed by atoms with Crippen LogP contribution < -0.4 is 10.6 Å². The molecule has 3 heterocycles. The molecule has 3 saturated heterocycles. The van der Waals surface area contributed by atoms with Gasteiger partial charge in [-0.05, 0) is 62.3 Å². The lowest BCUT2D eigenvalue weighted by Gasteiger charge is -2.38. The summed E-state index contributed by atoms with van der Waals surface area (Å²) in [6.07, 6.45) is 2.84. The predicted octanol–water partition coefficient (Wildman–Crippen LogP) is 4.73. The van der Waals surface area contributed by atoms with E-state index in [0.29, 0.717) is 35.8 Å². The van der Waals surface area contributed by atoms with E-state index in [2.05, 4.69) is 17.6 Å². The quantitative estimate of drug-likeness (QED) is 0.389. The topological polar surface area (TPSA) is 98.7 Å². The maximum Gasteiger partial charge on any atom is 0.248 e. The third-order valence-corrected chi connectivity index (χ3v) is 10.8. The molecule has 0 aliphatic carbocycles. The van der Waals surface area contributed by atoms with Gasteiger partial charge in [0.25, 0.3) is 0 Å². The molecular weight excluding hydrogens is 522 g/mol. The molecule has 6 atom stereocenters. The number of hydrogen-bond acceptors (Lipinski definition) is 5. The second kappa shape index (κ2) is 10.9. The molecule has 3 unspecified atom stereocenters. The van der Waals surface area contributed by atoms with Crippen molar-refractivity contribution in [1.82, 2.24) is 4.90 Å². The fourth-order valence-corrected chi connectivity index (χ4v) is 9.35. The Morgan fingerprint density at radius 1 is 1.08 bits per heavy atom. The zero-order valence-corrected chi connectivity index (χ0v) is 23.2. The number of thioether (sulfide) groups is 1. The number of para-hydroxylation sites is 2. The molecule has 2 aromatic rings. The lowest BCUT2D eigenvalue weighted by molar-refractivity contribution is -0.138. The lowest BCUT2D eigenvalue weighted by atomic mass is 9.66. The van der Waals surface area contributed by atoms with Gasteiger partial charge in [0.05, 0.1) is 27.3 Å². The van der Waals surface area contributed by atoms with Crippen molar-refractivity contribution < 1.29 is 19.5 Å². The number of amides is 3. The molecule has 2 aromatic carbocycles. The molecule has 3 fully saturated rings. The molecule has 2 bridgehead atoms. The number of halogens is 1. The number of fused-ring (bicyclic) bond motifs is 1. The Hall–Kier alpha value is -2.55. The zero-order chi connectivity index (χ0) is 27.0. The van der Waals surface area contributed by atoms with Crippen molar-refractivity contribution in [2.24, 2.45) is 17.8 Å². The molecule has 0 radical (unpaired) electrons. The molecule has 3 N–H and O–H groups in total. The van der Waals surface area contributed by atoms with Crippen molar-refractivity contribution in [2.45, 2.75) is 55.6 Å². The van der Waals surface area contributed by atoms with Gasteiger partial charge in [-0.2, -0.15) is 0 Å². The van der Waals surface area contributed by atoms with Crippen LogP contribution in [0.5, 0.6) is 0 Å². The molecule has 7 nitrogen and oxygen atoms in total. The van der Waals surface area contributed by atoms with E-state index >= 15 is 0 Å². The first-order valence-electron chi connectivity index (χ1n) is 13.3. The van der Waals surface area contributed by atoms with E-state index in [1.165, 1.54) is 0 Å². The van der Waals surface area contributed by atoms with Crippen LogP contribution in [0.15, 0.2) is 48.5 Å². The Kier molecular flexibility index (Phi) is 7.76. The first-order chi connectivity index (χ1) is 18.3. The largest absolute Gasteiger partial charge is 0.396 e. The number of aliphatic hydroxyl groups is 1. The minimum absolute atomic E-state index is 0.0310. The number of likely N-dealkylation sites (tertiary alicyclic amines) is 1. The summed E-state index contributed by atoms with van der Waals surface area (Å²) in [4.78, 5) is 43.5. The fourth-order valence-electron chi connectivity index (χ4n) is 6.66. The van der Waals surface area contributed by atoms with Gasteiger partial charge in [0.1, 0.15) is 6.04 Å². The number of nitrogens with one attached hydrogen (secondary N) is 2. The summed E-state index contributed by atoms with van der Waals surface area (Å²) >= 11 is 8.10. The smallest absolute Gasteiger partial charge is 0.248 e. The lowest BCUT2D eigenvalue weighted by Crippen LogP contribution is -2.55. The van der Waals surface area contributed by atoms with E-state index in [1.54, 1.807) is 22.7 Å².